The highest BCUT2D eigenvalue weighted by Gasteiger charge is 2.62. The van der Waals surface area contributed by atoms with Crippen molar-refractivity contribution in [1.29, 1.82) is 0 Å². The standard InChI is InChI=1S/C24H30O3/c1-13-8-14-10-19-17-5-4-15-11-16(25)6-7-23(15,2)18(17)12-21(27)24(19,3)22(14)20(26)9-13/h8-9,15,17-19,26H,4-7,10-12H2,1-3H3/t15-,17-,18-,19+,23+,24-/m1/s1. The molecule has 0 aliphatic heterocycles. The minimum atomic E-state index is -0.540. The zero-order chi connectivity index (χ0) is 19.1. The van der Waals surface area contributed by atoms with E-state index in [-0.39, 0.29) is 5.41 Å². The SMILES string of the molecule is Cc1cc(O)c2c(c1)C[C@H]1[C@@H]3CC[C@@H]4CC(=O)CC[C@]4(C)[C@@H]3CC(=O)[C@]21C. The van der Waals surface area contributed by atoms with E-state index in [9.17, 15) is 14.7 Å². The van der Waals surface area contributed by atoms with Crippen molar-refractivity contribution >= 4 is 11.6 Å². The lowest BCUT2D eigenvalue weighted by Gasteiger charge is -2.59. The number of carbonyl (C=O) groups excluding carboxylic acids is 2. The van der Waals surface area contributed by atoms with Crippen LogP contribution < -0.4 is 0 Å². The molecule has 0 heterocycles. The van der Waals surface area contributed by atoms with Crippen LogP contribution in [0.4, 0.5) is 0 Å². The number of carbonyl (C=O) groups is 2. The van der Waals surface area contributed by atoms with Gasteiger partial charge in [-0.05, 0) is 85.8 Å². The van der Waals surface area contributed by atoms with E-state index >= 15 is 0 Å². The van der Waals surface area contributed by atoms with Crippen molar-refractivity contribution in [3.05, 3.63) is 28.8 Å². The largest absolute Gasteiger partial charge is 0.508 e. The Morgan fingerprint density at radius 3 is 2.59 bits per heavy atom. The molecule has 0 spiro atoms. The molecule has 3 saturated carbocycles. The quantitative estimate of drug-likeness (QED) is 0.735. The summed E-state index contributed by atoms with van der Waals surface area (Å²) in [5, 5.41) is 10.7. The minimum absolute atomic E-state index is 0.126. The van der Waals surface area contributed by atoms with Crippen LogP contribution in [0.25, 0.3) is 0 Å². The van der Waals surface area contributed by atoms with Crippen LogP contribution >= 0.6 is 0 Å². The molecule has 0 bridgehead atoms. The van der Waals surface area contributed by atoms with Crippen LogP contribution in [0.5, 0.6) is 5.75 Å². The Balaban J connectivity index is 1.58. The highest BCUT2D eigenvalue weighted by molar-refractivity contribution is 5.94. The number of ketones is 2. The van der Waals surface area contributed by atoms with Gasteiger partial charge in [0.1, 0.15) is 17.3 Å². The van der Waals surface area contributed by atoms with Gasteiger partial charge in [0, 0.05) is 24.8 Å². The van der Waals surface area contributed by atoms with E-state index in [2.05, 4.69) is 19.9 Å². The van der Waals surface area contributed by atoms with Crippen molar-refractivity contribution in [2.45, 2.75) is 71.1 Å². The topological polar surface area (TPSA) is 54.4 Å². The molecule has 1 aromatic carbocycles. The molecule has 3 nitrogen and oxygen atoms in total. The first kappa shape index (κ1) is 17.5. The minimum Gasteiger partial charge on any atom is -0.508 e. The first-order valence-corrected chi connectivity index (χ1v) is 10.6. The fourth-order valence-electron chi connectivity index (χ4n) is 7.66. The lowest BCUT2D eigenvalue weighted by molar-refractivity contribution is -0.148. The second-order valence-electron chi connectivity index (χ2n) is 10.3. The number of Topliss-reactive ketones (excluding diaryl/α,β-unsaturated/α-hetero) is 2. The maximum Gasteiger partial charge on any atom is 0.143 e. The zero-order valence-corrected chi connectivity index (χ0v) is 16.7. The van der Waals surface area contributed by atoms with Gasteiger partial charge >= 0.3 is 0 Å². The normalized spacial score (nSPS) is 42.9. The van der Waals surface area contributed by atoms with Crippen LogP contribution in [0.2, 0.25) is 0 Å². The molecular weight excluding hydrogens is 336 g/mol. The number of phenolic OH excluding ortho intramolecular Hbond substituents is 1. The predicted molar refractivity (Wildman–Crippen MR) is 104 cm³/mol. The number of phenols is 1. The van der Waals surface area contributed by atoms with Crippen LogP contribution in [0.3, 0.4) is 0 Å². The summed E-state index contributed by atoms with van der Waals surface area (Å²) in [5.41, 5.74) is 2.74. The van der Waals surface area contributed by atoms with E-state index in [0.717, 1.165) is 43.2 Å². The van der Waals surface area contributed by atoms with E-state index < -0.39 is 5.41 Å². The molecule has 27 heavy (non-hydrogen) atoms. The van der Waals surface area contributed by atoms with E-state index in [0.29, 0.717) is 53.8 Å². The van der Waals surface area contributed by atoms with Crippen molar-refractivity contribution in [3.63, 3.8) is 0 Å². The molecule has 5 rings (SSSR count). The number of fused-ring (bicyclic) bond motifs is 7. The van der Waals surface area contributed by atoms with E-state index in [1.54, 1.807) is 0 Å². The average molecular weight is 367 g/mol. The van der Waals surface area contributed by atoms with Crippen molar-refractivity contribution in [2.75, 3.05) is 0 Å². The molecule has 4 aliphatic rings. The predicted octanol–water partition coefficient (Wildman–Crippen LogP) is 4.51. The monoisotopic (exact) mass is 366 g/mol. The first-order valence-electron chi connectivity index (χ1n) is 10.6. The number of hydrogen-bond donors (Lipinski definition) is 1. The van der Waals surface area contributed by atoms with Crippen LogP contribution in [0.15, 0.2) is 12.1 Å². The average Bonchev–Trinajstić information content (AvgIpc) is 2.90. The number of aromatic hydroxyl groups is 1. The molecule has 1 N–H and O–H groups in total. The summed E-state index contributed by atoms with van der Waals surface area (Å²) in [6.45, 7) is 6.47. The molecule has 0 unspecified atom stereocenters. The molecule has 144 valence electrons. The van der Waals surface area contributed by atoms with Crippen molar-refractivity contribution < 1.29 is 14.7 Å². The van der Waals surface area contributed by atoms with Gasteiger partial charge in [0.25, 0.3) is 0 Å². The molecule has 0 aromatic heterocycles. The third kappa shape index (κ3) is 2.14. The Labute approximate surface area is 161 Å². The summed E-state index contributed by atoms with van der Waals surface area (Å²) in [6, 6.07) is 3.99. The van der Waals surface area contributed by atoms with Crippen LogP contribution in [-0.4, -0.2) is 16.7 Å². The third-order valence-electron chi connectivity index (χ3n) is 9.11. The van der Waals surface area contributed by atoms with Crippen molar-refractivity contribution in [2.24, 2.45) is 29.1 Å². The van der Waals surface area contributed by atoms with Gasteiger partial charge in [-0.15, -0.1) is 0 Å². The van der Waals surface area contributed by atoms with Crippen LogP contribution in [0, 0.1) is 36.0 Å². The van der Waals surface area contributed by atoms with Crippen LogP contribution in [-0.2, 0) is 21.4 Å². The van der Waals surface area contributed by atoms with Gasteiger partial charge in [0.2, 0.25) is 0 Å². The fourth-order valence-corrected chi connectivity index (χ4v) is 7.66. The molecule has 0 amide bonds. The third-order valence-corrected chi connectivity index (χ3v) is 9.11. The summed E-state index contributed by atoms with van der Waals surface area (Å²) in [4.78, 5) is 25.6. The van der Waals surface area contributed by atoms with Gasteiger partial charge in [0.05, 0.1) is 5.41 Å². The van der Waals surface area contributed by atoms with Gasteiger partial charge in [-0.2, -0.15) is 0 Å². The van der Waals surface area contributed by atoms with Crippen LogP contribution in [0.1, 0.15) is 69.1 Å². The molecule has 3 fully saturated rings. The molecule has 0 saturated heterocycles. The number of benzene rings is 1. The van der Waals surface area contributed by atoms with Gasteiger partial charge < -0.3 is 5.11 Å². The van der Waals surface area contributed by atoms with E-state index in [1.807, 2.05) is 13.0 Å². The van der Waals surface area contributed by atoms with Crippen molar-refractivity contribution in [1.82, 2.24) is 0 Å². The number of hydrogen-bond acceptors (Lipinski definition) is 3. The Hall–Kier alpha value is -1.64. The van der Waals surface area contributed by atoms with E-state index in [4.69, 9.17) is 0 Å². The van der Waals surface area contributed by atoms with Gasteiger partial charge in [0.15, 0.2) is 0 Å². The summed E-state index contributed by atoms with van der Waals surface area (Å²) >= 11 is 0. The highest BCUT2D eigenvalue weighted by Crippen LogP contribution is 2.65. The second-order valence-corrected chi connectivity index (χ2v) is 10.3. The fraction of sp³-hybridized carbons (Fsp3) is 0.667. The smallest absolute Gasteiger partial charge is 0.143 e. The summed E-state index contributed by atoms with van der Waals surface area (Å²) in [5.74, 6) is 2.70. The first-order chi connectivity index (χ1) is 12.7. The molecule has 6 atom stereocenters. The molecule has 0 radical (unpaired) electrons. The molecular formula is C24H30O3. The number of aryl methyl sites for hydroxylation is 1. The van der Waals surface area contributed by atoms with Crippen molar-refractivity contribution in [3.8, 4) is 5.75 Å². The molecule has 1 aromatic rings. The Morgan fingerprint density at radius 1 is 1.04 bits per heavy atom. The number of rotatable bonds is 0. The Kier molecular flexibility index (Phi) is 3.53. The summed E-state index contributed by atoms with van der Waals surface area (Å²) < 4.78 is 0. The molecule has 3 heteroatoms. The molecule has 4 aliphatic carbocycles. The summed E-state index contributed by atoms with van der Waals surface area (Å²) in [6.07, 6.45) is 6.12. The maximum atomic E-state index is 13.6. The summed E-state index contributed by atoms with van der Waals surface area (Å²) in [7, 11) is 0. The highest BCUT2D eigenvalue weighted by atomic mass is 16.3. The van der Waals surface area contributed by atoms with E-state index in [1.165, 1.54) is 5.56 Å². The van der Waals surface area contributed by atoms with Gasteiger partial charge in [-0.25, -0.2) is 0 Å². The lowest BCUT2D eigenvalue weighted by Crippen LogP contribution is -2.57. The Bertz CT molecular complexity index is 855. The maximum absolute atomic E-state index is 13.6. The van der Waals surface area contributed by atoms with Gasteiger partial charge in [-0.1, -0.05) is 13.0 Å². The Morgan fingerprint density at radius 2 is 1.81 bits per heavy atom. The van der Waals surface area contributed by atoms with Gasteiger partial charge in [-0.3, -0.25) is 9.59 Å². The second kappa shape index (κ2) is 5.46. The zero-order valence-electron chi connectivity index (χ0n) is 16.7. The lowest BCUT2D eigenvalue weighted by atomic mass is 9.44.